The van der Waals surface area contributed by atoms with Gasteiger partial charge in [0.15, 0.2) is 10.9 Å². The van der Waals surface area contributed by atoms with Crippen LogP contribution in [-0.4, -0.2) is 32.2 Å². The van der Waals surface area contributed by atoms with Crippen LogP contribution in [0.5, 0.6) is 0 Å². The molecule has 8 nitrogen and oxygen atoms in total. The van der Waals surface area contributed by atoms with E-state index in [0.717, 1.165) is 11.8 Å². The Morgan fingerprint density at radius 1 is 1.10 bits per heavy atom. The van der Waals surface area contributed by atoms with E-state index in [2.05, 4.69) is 25.8 Å². The summed E-state index contributed by atoms with van der Waals surface area (Å²) in [4.78, 5) is 39.4. The number of aromatic amines is 1. The molecule has 0 saturated heterocycles. The monoisotopic (exact) mass is 457 g/mol. The molecule has 0 unspecified atom stereocenters. The fraction of sp³-hybridized carbons (Fsp3) is 0.190. The zero-order chi connectivity index (χ0) is 22.4. The van der Waals surface area contributed by atoms with Gasteiger partial charge in [-0.05, 0) is 37.3 Å². The number of H-pyrrole nitrogens is 1. The molecule has 3 N–H and O–H groups in total. The molecule has 0 saturated carbocycles. The zero-order valence-corrected chi connectivity index (χ0v) is 18.4. The zero-order valence-electron chi connectivity index (χ0n) is 16.8. The summed E-state index contributed by atoms with van der Waals surface area (Å²) in [5, 5.41) is 13.8. The minimum absolute atomic E-state index is 0.0784. The molecule has 2 amide bonds. The van der Waals surface area contributed by atoms with Gasteiger partial charge in [0.05, 0.1) is 10.9 Å². The van der Waals surface area contributed by atoms with Gasteiger partial charge in [0.2, 0.25) is 11.8 Å². The Balaban J connectivity index is 1.74. The van der Waals surface area contributed by atoms with Crippen LogP contribution >= 0.6 is 23.4 Å². The van der Waals surface area contributed by atoms with E-state index in [-0.39, 0.29) is 22.7 Å². The summed E-state index contributed by atoms with van der Waals surface area (Å²) in [6.45, 7) is 3.43. The second-order valence-corrected chi connectivity index (χ2v) is 8.28. The molecule has 31 heavy (non-hydrogen) atoms. The average molecular weight is 458 g/mol. The minimum atomic E-state index is -0.539. The lowest BCUT2D eigenvalue weighted by molar-refractivity contribution is -0.116. The number of carbonyl (C=O) groups is 2. The number of rotatable bonds is 7. The van der Waals surface area contributed by atoms with Crippen molar-refractivity contribution in [1.29, 1.82) is 0 Å². The Morgan fingerprint density at radius 2 is 1.81 bits per heavy atom. The van der Waals surface area contributed by atoms with E-state index in [4.69, 9.17) is 11.6 Å². The molecule has 10 heteroatoms. The highest BCUT2D eigenvalue weighted by Gasteiger charge is 2.18. The number of thioether (sulfide) groups is 1. The van der Waals surface area contributed by atoms with Crippen molar-refractivity contribution in [3.8, 4) is 11.3 Å². The first-order valence-electron chi connectivity index (χ1n) is 9.46. The second kappa shape index (κ2) is 10.2. The van der Waals surface area contributed by atoms with E-state index in [9.17, 15) is 14.4 Å². The van der Waals surface area contributed by atoms with Gasteiger partial charge in [-0.1, -0.05) is 48.5 Å². The van der Waals surface area contributed by atoms with Crippen molar-refractivity contribution in [1.82, 2.24) is 15.2 Å². The lowest BCUT2D eigenvalue weighted by Crippen LogP contribution is -2.23. The second-order valence-electron chi connectivity index (χ2n) is 6.51. The fourth-order valence-corrected chi connectivity index (χ4v) is 3.45. The Labute approximate surface area is 187 Å². The number of nitrogens with zero attached hydrogens (tertiary/aromatic N) is 2. The Kier molecular flexibility index (Phi) is 7.43. The van der Waals surface area contributed by atoms with Gasteiger partial charge >= 0.3 is 0 Å². The quantitative estimate of drug-likeness (QED) is 0.462. The highest BCUT2D eigenvalue weighted by atomic mass is 35.5. The van der Waals surface area contributed by atoms with Gasteiger partial charge in [-0.25, -0.2) is 0 Å². The van der Waals surface area contributed by atoms with Crippen LogP contribution in [0.4, 0.5) is 11.4 Å². The van der Waals surface area contributed by atoms with E-state index >= 15 is 0 Å². The molecule has 1 atom stereocenters. The molecule has 3 aromatic rings. The van der Waals surface area contributed by atoms with Crippen LogP contribution in [0.25, 0.3) is 11.3 Å². The van der Waals surface area contributed by atoms with E-state index < -0.39 is 10.8 Å². The van der Waals surface area contributed by atoms with Crippen molar-refractivity contribution in [2.45, 2.75) is 30.7 Å². The smallest absolute Gasteiger partial charge is 0.278 e. The molecule has 0 bridgehead atoms. The first kappa shape index (κ1) is 22.5. The van der Waals surface area contributed by atoms with E-state index in [1.807, 2.05) is 0 Å². The topological polar surface area (TPSA) is 117 Å². The lowest BCUT2D eigenvalue weighted by Gasteiger charge is -2.12. The van der Waals surface area contributed by atoms with Gasteiger partial charge in [-0.3, -0.25) is 19.4 Å². The van der Waals surface area contributed by atoms with Gasteiger partial charge in [0, 0.05) is 22.7 Å². The molecule has 0 aliphatic carbocycles. The Bertz CT molecular complexity index is 1150. The summed E-state index contributed by atoms with van der Waals surface area (Å²) < 4.78 is 0. The van der Waals surface area contributed by atoms with Gasteiger partial charge in [0.1, 0.15) is 0 Å². The van der Waals surface area contributed by atoms with Crippen molar-refractivity contribution in [3.05, 3.63) is 63.9 Å². The van der Waals surface area contributed by atoms with Crippen molar-refractivity contribution in [2.75, 3.05) is 10.6 Å². The third-order valence-corrected chi connectivity index (χ3v) is 5.45. The predicted molar refractivity (Wildman–Crippen MR) is 122 cm³/mol. The number of nitrogens with one attached hydrogen (secondary N) is 3. The normalized spacial score (nSPS) is 11.6. The summed E-state index contributed by atoms with van der Waals surface area (Å²) in [5.41, 5.74) is 1.16. The number of hydrogen-bond acceptors (Lipinski definition) is 6. The molecule has 0 spiro atoms. The highest BCUT2D eigenvalue weighted by molar-refractivity contribution is 8.00. The molecule has 2 aromatic carbocycles. The third kappa shape index (κ3) is 5.93. The summed E-state index contributed by atoms with van der Waals surface area (Å²) in [5.74, 6) is -0.434. The van der Waals surface area contributed by atoms with Crippen LogP contribution in [-0.2, 0) is 9.59 Å². The largest absolute Gasteiger partial charge is 0.325 e. The first-order valence-corrected chi connectivity index (χ1v) is 10.7. The van der Waals surface area contributed by atoms with Crippen LogP contribution in [0.2, 0.25) is 5.02 Å². The number of anilines is 2. The average Bonchev–Trinajstić information content (AvgIpc) is 2.76. The fourth-order valence-electron chi connectivity index (χ4n) is 2.59. The molecule has 1 heterocycles. The third-order valence-electron chi connectivity index (χ3n) is 4.22. The standard InChI is InChI=1S/C21H20ClN5O3S/c1-3-17(28)24-16-7-5-4-6-15(16)18-20(30)25-21(27-26-18)31-12(2)19(29)23-14-10-8-13(22)9-11-14/h4-12H,3H2,1-2H3,(H,23,29)(H,24,28)(H,25,27,30)/t12-/m0/s1. The number of amides is 2. The van der Waals surface area contributed by atoms with E-state index in [0.29, 0.717) is 28.4 Å². The summed E-state index contributed by atoms with van der Waals surface area (Å²) in [7, 11) is 0. The van der Waals surface area contributed by atoms with Crippen molar-refractivity contribution < 1.29 is 9.59 Å². The van der Waals surface area contributed by atoms with Gasteiger partial charge < -0.3 is 10.6 Å². The van der Waals surface area contributed by atoms with Crippen molar-refractivity contribution in [2.24, 2.45) is 0 Å². The SMILES string of the molecule is CCC(=O)Nc1ccccc1-c1nnc(S[C@@H](C)C(=O)Nc2ccc(Cl)cc2)[nH]c1=O. The summed E-state index contributed by atoms with van der Waals surface area (Å²) in [6, 6.07) is 13.6. The number of benzene rings is 2. The lowest BCUT2D eigenvalue weighted by atomic mass is 10.1. The molecule has 0 radical (unpaired) electrons. The summed E-state index contributed by atoms with van der Waals surface area (Å²) in [6.07, 6.45) is 0.307. The van der Waals surface area contributed by atoms with Gasteiger partial charge in [-0.15, -0.1) is 10.2 Å². The molecule has 0 aliphatic rings. The van der Waals surface area contributed by atoms with Crippen LogP contribution in [0.1, 0.15) is 20.3 Å². The highest BCUT2D eigenvalue weighted by Crippen LogP contribution is 2.25. The van der Waals surface area contributed by atoms with Crippen molar-refractivity contribution in [3.63, 3.8) is 0 Å². The summed E-state index contributed by atoms with van der Waals surface area (Å²) >= 11 is 6.92. The Hall–Kier alpha value is -3.17. The van der Waals surface area contributed by atoms with E-state index in [1.165, 1.54) is 0 Å². The van der Waals surface area contributed by atoms with Crippen LogP contribution in [0.3, 0.4) is 0 Å². The first-order chi connectivity index (χ1) is 14.9. The molecular formula is C21H20ClN5O3S. The molecule has 160 valence electrons. The van der Waals surface area contributed by atoms with Gasteiger partial charge in [0.25, 0.3) is 5.56 Å². The number of hydrogen-bond donors (Lipinski definition) is 3. The maximum atomic E-state index is 12.6. The van der Waals surface area contributed by atoms with Crippen LogP contribution in [0, 0.1) is 0 Å². The Morgan fingerprint density at radius 3 is 2.48 bits per heavy atom. The number of halogens is 1. The van der Waals surface area contributed by atoms with Crippen LogP contribution < -0.4 is 16.2 Å². The molecule has 0 fully saturated rings. The maximum absolute atomic E-state index is 12.6. The van der Waals surface area contributed by atoms with Gasteiger partial charge in [-0.2, -0.15) is 0 Å². The number of aromatic nitrogens is 3. The predicted octanol–water partition coefficient (Wildman–Crippen LogP) is 3.95. The molecule has 3 rings (SSSR count). The van der Waals surface area contributed by atoms with E-state index in [1.54, 1.807) is 62.4 Å². The number of para-hydroxylation sites is 1. The molecule has 1 aromatic heterocycles. The molecular weight excluding hydrogens is 438 g/mol. The van der Waals surface area contributed by atoms with Crippen molar-refractivity contribution >= 4 is 46.6 Å². The number of carbonyl (C=O) groups excluding carboxylic acids is 2. The minimum Gasteiger partial charge on any atom is -0.325 e. The maximum Gasteiger partial charge on any atom is 0.278 e. The molecule has 0 aliphatic heterocycles. The van der Waals surface area contributed by atoms with Crippen LogP contribution in [0.15, 0.2) is 58.5 Å².